The zero-order valence-corrected chi connectivity index (χ0v) is 10.3. The predicted molar refractivity (Wildman–Crippen MR) is 69.9 cm³/mol. The van der Waals surface area contributed by atoms with Gasteiger partial charge in [-0.05, 0) is 24.3 Å². The summed E-state index contributed by atoms with van der Waals surface area (Å²) in [4.78, 5) is 13.6. The molecule has 1 aromatic carbocycles. The van der Waals surface area contributed by atoms with Crippen molar-refractivity contribution in [3.05, 3.63) is 48.4 Å². The van der Waals surface area contributed by atoms with Gasteiger partial charge < -0.3 is 19.8 Å². The van der Waals surface area contributed by atoms with Crippen molar-refractivity contribution < 1.29 is 13.9 Å². The van der Waals surface area contributed by atoms with Crippen molar-refractivity contribution in [2.75, 3.05) is 18.1 Å². The van der Waals surface area contributed by atoms with E-state index < -0.39 is 0 Å². The molecule has 0 bridgehead atoms. The van der Waals surface area contributed by atoms with Crippen molar-refractivity contribution >= 4 is 11.6 Å². The molecule has 0 saturated carbocycles. The first-order valence-corrected chi connectivity index (χ1v) is 6.07. The summed E-state index contributed by atoms with van der Waals surface area (Å²) in [6.45, 7) is 0.411. The number of carbonyl (C=O) groups excluding carboxylic acids is 1. The van der Waals surface area contributed by atoms with Gasteiger partial charge in [-0.2, -0.15) is 0 Å². The van der Waals surface area contributed by atoms with Crippen LogP contribution in [0, 0.1) is 0 Å². The maximum absolute atomic E-state index is 12.0. The first kappa shape index (κ1) is 11.8. The Bertz CT molecular complexity index is 580. The Balaban J connectivity index is 1.86. The number of para-hydroxylation sites is 2. The molecule has 5 heteroatoms. The van der Waals surface area contributed by atoms with Gasteiger partial charge in [0.05, 0.1) is 18.0 Å². The molecule has 1 aromatic heterocycles. The number of amides is 1. The number of fused-ring (bicyclic) bond motifs is 1. The van der Waals surface area contributed by atoms with E-state index in [0.717, 1.165) is 5.69 Å². The second-order valence-corrected chi connectivity index (χ2v) is 4.38. The Hall–Kier alpha value is -2.27. The molecular formula is C14H14N2O3. The molecule has 2 aromatic rings. The molecule has 0 radical (unpaired) electrons. The Kier molecular flexibility index (Phi) is 2.97. The highest BCUT2D eigenvalue weighted by molar-refractivity contribution is 5.97. The maximum Gasteiger partial charge on any atom is 0.265 e. The molecule has 5 nitrogen and oxygen atoms in total. The number of nitrogens with two attached hydrogens (primary N) is 1. The third-order valence-corrected chi connectivity index (χ3v) is 3.10. The summed E-state index contributed by atoms with van der Waals surface area (Å²) in [5.74, 6) is 1.27. The normalized spacial score (nSPS) is 15.8. The highest BCUT2D eigenvalue weighted by Crippen LogP contribution is 2.32. The summed E-state index contributed by atoms with van der Waals surface area (Å²) in [6.07, 6.45) is 1.57. The van der Waals surface area contributed by atoms with Crippen LogP contribution in [0.5, 0.6) is 5.75 Å². The molecule has 3 rings (SSSR count). The molecular weight excluding hydrogens is 244 g/mol. The molecule has 1 amide bonds. The van der Waals surface area contributed by atoms with Crippen molar-refractivity contribution in [1.82, 2.24) is 0 Å². The molecule has 0 fully saturated rings. The lowest BCUT2D eigenvalue weighted by molar-refractivity contribution is -0.121. The third-order valence-electron chi connectivity index (χ3n) is 3.10. The van der Waals surface area contributed by atoms with E-state index in [1.165, 1.54) is 0 Å². The number of benzene rings is 1. The van der Waals surface area contributed by atoms with Crippen LogP contribution in [-0.4, -0.2) is 19.1 Å². The molecule has 19 heavy (non-hydrogen) atoms. The zero-order valence-electron chi connectivity index (χ0n) is 10.3. The number of rotatable bonds is 3. The van der Waals surface area contributed by atoms with E-state index >= 15 is 0 Å². The largest absolute Gasteiger partial charge is 0.482 e. The SMILES string of the molecule is NC(CN1C(=O)COc2ccccc21)c1ccco1. The zero-order chi connectivity index (χ0) is 13.2. The minimum Gasteiger partial charge on any atom is -0.482 e. The number of anilines is 1. The lowest BCUT2D eigenvalue weighted by atomic mass is 10.1. The smallest absolute Gasteiger partial charge is 0.265 e. The fraction of sp³-hybridized carbons (Fsp3) is 0.214. The monoisotopic (exact) mass is 258 g/mol. The number of furan rings is 1. The summed E-state index contributed by atoms with van der Waals surface area (Å²) >= 11 is 0. The summed E-state index contributed by atoms with van der Waals surface area (Å²) in [5, 5.41) is 0. The minimum atomic E-state index is -0.356. The third kappa shape index (κ3) is 2.20. The van der Waals surface area contributed by atoms with Crippen LogP contribution in [0.1, 0.15) is 11.8 Å². The van der Waals surface area contributed by atoms with Gasteiger partial charge in [0.25, 0.3) is 5.91 Å². The summed E-state index contributed by atoms with van der Waals surface area (Å²) < 4.78 is 10.6. The van der Waals surface area contributed by atoms with Gasteiger partial charge in [-0.1, -0.05) is 12.1 Å². The molecule has 1 unspecified atom stereocenters. The van der Waals surface area contributed by atoms with Gasteiger partial charge in [0, 0.05) is 6.54 Å². The molecule has 0 aliphatic carbocycles. The van der Waals surface area contributed by atoms with Gasteiger partial charge in [0.15, 0.2) is 6.61 Å². The molecule has 2 N–H and O–H groups in total. The Morgan fingerprint density at radius 1 is 1.26 bits per heavy atom. The number of hydrogen-bond acceptors (Lipinski definition) is 4. The first-order valence-electron chi connectivity index (χ1n) is 6.07. The van der Waals surface area contributed by atoms with Gasteiger partial charge in [0.2, 0.25) is 0 Å². The lowest BCUT2D eigenvalue weighted by Crippen LogP contribution is -2.42. The van der Waals surface area contributed by atoms with Crippen LogP contribution in [0.4, 0.5) is 5.69 Å². The Morgan fingerprint density at radius 2 is 2.11 bits per heavy atom. The number of nitrogens with zero attached hydrogens (tertiary/aromatic N) is 1. The average molecular weight is 258 g/mol. The lowest BCUT2D eigenvalue weighted by Gasteiger charge is -2.30. The summed E-state index contributed by atoms with van der Waals surface area (Å²) in [7, 11) is 0. The van der Waals surface area contributed by atoms with E-state index in [9.17, 15) is 4.79 Å². The molecule has 1 aliphatic heterocycles. The number of ether oxygens (including phenoxy) is 1. The van der Waals surface area contributed by atoms with E-state index in [1.807, 2.05) is 30.3 Å². The van der Waals surface area contributed by atoms with Crippen LogP contribution in [0.15, 0.2) is 47.1 Å². The van der Waals surface area contributed by atoms with Gasteiger partial charge in [-0.15, -0.1) is 0 Å². The molecule has 0 saturated heterocycles. The molecule has 0 spiro atoms. The van der Waals surface area contributed by atoms with E-state index in [1.54, 1.807) is 17.2 Å². The summed E-state index contributed by atoms with van der Waals surface area (Å²) in [6, 6.07) is 10.7. The minimum absolute atomic E-state index is 0.0435. The predicted octanol–water partition coefficient (Wildman–Crippen LogP) is 1.70. The Labute approximate surface area is 110 Å². The van der Waals surface area contributed by atoms with Gasteiger partial charge >= 0.3 is 0 Å². The number of carbonyl (C=O) groups is 1. The average Bonchev–Trinajstić information content (AvgIpc) is 2.96. The van der Waals surface area contributed by atoms with Crippen LogP contribution < -0.4 is 15.4 Å². The van der Waals surface area contributed by atoms with Gasteiger partial charge in [-0.3, -0.25) is 4.79 Å². The quantitative estimate of drug-likeness (QED) is 0.909. The topological polar surface area (TPSA) is 68.7 Å². The van der Waals surface area contributed by atoms with Crippen LogP contribution in [0.3, 0.4) is 0 Å². The van der Waals surface area contributed by atoms with Crippen LogP contribution >= 0.6 is 0 Å². The fourth-order valence-electron chi connectivity index (χ4n) is 2.14. The van der Waals surface area contributed by atoms with E-state index in [0.29, 0.717) is 18.1 Å². The van der Waals surface area contributed by atoms with Gasteiger partial charge in [-0.25, -0.2) is 0 Å². The van der Waals surface area contributed by atoms with E-state index in [4.69, 9.17) is 14.9 Å². The van der Waals surface area contributed by atoms with E-state index in [2.05, 4.69) is 0 Å². The molecule has 1 aliphatic rings. The van der Waals surface area contributed by atoms with Crippen molar-refractivity contribution in [3.8, 4) is 5.75 Å². The first-order chi connectivity index (χ1) is 9.25. The fourth-order valence-corrected chi connectivity index (χ4v) is 2.14. The second-order valence-electron chi connectivity index (χ2n) is 4.38. The number of hydrogen-bond donors (Lipinski definition) is 1. The standard InChI is InChI=1S/C14H14N2O3/c15-10(12-6-3-7-18-12)8-16-11-4-1-2-5-13(11)19-9-14(16)17/h1-7,10H,8-9,15H2. The second kappa shape index (κ2) is 4.78. The van der Waals surface area contributed by atoms with Crippen LogP contribution in [0.2, 0.25) is 0 Å². The Morgan fingerprint density at radius 3 is 2.89 bits per heavy atom. The molecule has 1 atom stereocenters. The molecule has 2 heterocycles. The molecule has 98 valence electrons. The van der Waals surface area contributed by atoms with Crippen LogP contribution in [0.25, 0.3) is 0 Å². The van der Waals surface area contributed by atoms with E-state index in [-0.39, 0.29) is 18.6 Å². The van der Waals surface area contributed by atoms with Crippen molar-refractivity contribution in [3.63, 3.8) is 0 Å². The highest BCUT2D eigenvalue weighted by Gasteiger charge is 2.27. The van der Waals surface area contributed by atoms with Crippen molar-refractivity contribution in [1.29, 1.82) is 0 Å². The van der Waals surface area contributed by atoms with Crippen molar-refractivity contribution in [2.45, 2.75) is 6.04 Å². The van der Waals surface area contributed by atoms with Crippen molar-refractivity contribution in [2.24, 2.45) is 5.73 Å². The maximum atomic E-state index is 12.0. The van der Waals surface area contributed by atoms with Crippen LogP contribution in [-0.2, 0) is 4.79 Å². The highest BCUT2D eigenvalue weighted by atomic mass is 16.5. The summed E-state index contributed by atoms with van der Waals surface area (Å²) in [5.41, 5.74) is 6.81. The van der Waals surface area contributed by atoms with Gasteiger partial charge in [0.1, 0.15) is 11.5 Å².